The number of hydrogen-bond donors (Lipinski definition) is 2. The third kappa shape index (κ3) is 5.06. The number of aromatic nitrogens is 2. The minimum atomic E-state index is -1.33. The SMILES string of the molecule is Oc1c(Br)cc(-c2noc(C(O)(CCc3ccccc3)Cc3ccccc3)n2)cc1Br. The van der Waals surface area contributed by atoms with Crippen LogP contribution in [-0.2, 0) is 18.4 Å². The van der Waals surface area contributed by atoms with E-state index in [1.54, 1.807) is 12.1 Å². The van der Waals surface area contributed by atoms with E-state index in [1.807, 2.05) is 60.7 Å². The summed E-state index contributed by atoms with van der Waals surface area (Å²) < 4.78 is 6.56. The van der Waals surface area contributed by atoms with E-state index in [2.05, 4.69) is 42.0 Å². The molecule has 3 aromatic carbocycles. The molecule has 158 valence electrons. The van der Waals surface area contributed by atoms with Crippen molar-refractivity contribution in [2.45, 2.75) is 24.9 Å². The van der Waals surface area contributed by atoms with E-state index >= 15 is 0 Å². The summed E-state index contributed by atoms with van der Waals surface area (Å²) in [5.74, 6) is 0.598. The Morgan fingerprint density at radius 3 is 2.06 bits per heavy atom. The molecule has 4 rings (SSSR count). The summed E-state index contributed by atoms with van der Waals surface area (Å²) >= 11 is 6.64. The average molecular weight is 544 g/mol. The quantitative estimate of drug-likeness (QED) is 0.297. The van der Waals surface area contributed by atoms with E-state index in [4.69, 9.17) is 4.52 Å². The molecule has 0 saturated carbocycles. The number of phenolic OH excluding ortho intramolecular Hbond substituents is 1. The standard InChI is InChI=1S/C24H20Br2N2O3/c25-19-13-18(14-20(26)21(19)29)22-27-23(31-28-22)24(30,15-17-9-5-2-6-10-17)12-11-16-7-3-1-4-8-16/h1-10,13-14,29-30H,11-12,15H2. The molecule has 0 fully saturated rings. The van der Waals surface area contributed by atoms with Crippen LogP contribution < -0.4 is 0 Å². The second kappa shape index (κ2) is 9.34. The molecule has 1 heterocycles. The van der Waals surface area contributed by atoms with Crippen LogP contribution in [0.25, 0.3) is 11.4 Å². The van der Waals surface area contributed by atoms with Gasteiger partial charge >= 0.3 is 0 Å². The fourth-order valence-corrected chi connectivity index (χ4v) is 4.61. The Hall–Kier alpha value is -2.48. The van der Waals surface area contributed by atoms with Crippen LogP contribution >= 0.6 is 31.9 Å². The van der Waals surface area contributed by atoms with E-state index in [9.17, 15) is 10.2 Å². The highest BCUT2D eigenvalue weighted by Crippen LogP contribution is 2.37. The van der Waals surface area contributed by atoms with Crippen molar-refractivity contribution in [1.82, 2.24) is 10.1 Å². The zero-order valence-corrected chi connectivity index (χ0v) is 19.7. The monoisotopic (exact) mass is 542 g/mol. The van der Waals surface area contributed by atoms with Gasteiger partial charge in [0.1, 0.15) is 11.4 Å². The van der Waals surface area contributed by atoms with Crippen molar-refractivity contribution in [3.05, 3.63) is 98.8 Å². The molecule has 0 aliphatic heterocycles. The molecule has 1 aromatic heterocycles. The predicted molar refractivity (Wildman–Crippen MR) is 126 cm³/mol. The zero-order valence-electron chi connectivity index (χ0n) is 16.5. The molecule has 0 spiro atoms. The van der Waals surface area contributed by atoms with Gasteiger partial charge in [-0.1, -0.05) is 65.8 Å². The number of aryl methyl sites for hydroxylation is 1. The molecule has 4 aromatic rings. The Morgan fingerprint density at radius 1 is 0.871 bits per heavy atom. The van der Waals surface area contributed by atoms with Crippen LogP contribution in [0.2, 0.25) is 0 Å². The number of aliphatic hydroxyl groups is 1. The minimum Gasteiger partial charge on any atom is -0.506 e. The fraction of sp³-hybridized carbons (Fsp3) is 0.167. The van der Waals surface area contributed by atoms with Crippen LogP contribution in [0.4, 0.5) is 0 Å². The maximum Gasteiger partial charge on any atom is 0.259 e. The summed E-state index contributed by atoms with van der Waals surface area (Å²) in [6.07, 6.45) is 1.44. The molecule has 0 aliphatic rings. The van der Waals surface area contributed by atoms with Crippen LogP contribution in [0, 0.1) is 0 Å². The first-order chi connectivity index (χ1) is 14.9. The largest absolute Gasteiger partial charge is 0.506 e. The molecule has 5 nitrogen and oxygen atoms in total. The first kappa shape index (κ1) is 21.7. The molecule has 0 bridgehead atoms. The molecular formula is C24H20Br2N2O3. The van der Waals surface area contributed by atoms with Gasteiger partial charge in [0.25, 0.3) is 5.89 Å². The summed E-state index contributed by atoms with van der Waals surface area (Å²) in [6.45, 7) is 0. The van der Waals surface area contributed by atoms with Gasteiger partial charge in [-0.3, -0.25) is 0 Å². The number of benzene rings is 3. The lowest BCUT2D eigenvalue weighted by molar-refractivity contribution is -0.00359. The molecule has 0 saturated heterocycles. The van der Waals surface area contributed by atoms with Crippen LogP contribution in [-0.4, -0.2) is 20.4 Å². The summed E-state index contributed by atoms with van der Waals surface area (Å²) in [5.41, 5.74) is 1.43. The van der Waals surface area contributed by atoms with Gasteiger partial charge in [-0.25, -0.2) is 0 Å². The molecular weight excluding hydrogens is 524 g/mol. The molecule has 7 heteroatoms. The second-order valence-corrected chi connectivity index (χ2v) is 9.10. The molecule has 0 radical (unpaired) electrons. The Morgan fingerprint density at radius 2 is 1.45 bits per heavy atom. The summed E-state index contributed by atoms with van der Waals surface area (Å²) in [5, 5.41) is 25.7. The molecule has 31 heavy (non-hydrogen) atoms. The van der Waals surface area contributed by atoms with Crippen molar-refractivity contribution < 1.29 is 14.7 Å². The van der Waals surface area contributed by atoms with E-state index in [1.165, 1.54) is 0 Å². The van der Waals surface area contributed by atoms with E-state index in [0.29, 0.717) is 39.6 Å². The minimum absolute atomic E-state index is 0.0934. The van der Waals surface area contributed by atoms with E-state index < -0.39 is 5.60 Å². The molecule has 1 unspecified atom stereocenters. The van der Waals surface area contributed by atoms with Gasteiger partial charge in [0.15, 0.2) is 0 Å². The number of nitrogens with zero attached hydrogens (tertiary/aromatic N) is 2. The number of halogens is 2. The zero-order chi connectivity index (χ0) is 21.8. The molecule has 0 aliphatic carbocycles. The van der Waals surface area contributed by atoms with E-state index in [-0.39, 0.29) is 11.6 Å². The summed E-state index contributed by atoms with van der Waals surface area (Å²) in [4.78, 5) is 4.52. The lowest BCUT2D eigenvalue weighted by atomic mass is 9.88. The third-order valence-corrected chi connectivity index (χ3v) is 6.32. The third-order valence-electron chi connectivity index (χ3n) is 5.11. The van der Waals surface area contributed by atoms with Gasteiger partial charge in [-0.05, 0) is 68.0 Å². The maximum atomic E-state index is 11.7. The van der Waals surface area contributed by atoms with Gasteiger partial charge in [0.2, 0.25) is 5.82 Å². The fourth-order valence-electron chi connectivity index (χ4n) is 3.42. The number of hydrogen-bond acceptors (Lipinski definition) is 5. The van der Waals surface area contributed by atoms with Crippen molar-refractivity contribution in [2.75, 3.05) is 0 Å². The predicted octanol–water partition coefficient (Wildman–Crippen LogP) is 6.03. The second-order valence-electron chi connectivity index (χ2n) is 7.39. The lowest BCUT2D eigenvalue weighted by Gasteiger charge is -2.24. The van der Waals surface area contributed by atoms with Crippen molar-refractivity contribution in [3.63, 3.8) is 0 Å². The first-order valence-electron chi connectivity index (χ1n) is 9.77. The Labute approximate surface area is 197 Å². The van der Waals surface area contributed by atoms with Gasteiger partial charge in [0, 0.05) is 12.0 Å². The van der Waals surface area contributed by atoms with Crippen molar-refractivity contribution in [3.8, 4) is 17.1 Å². The number of rotatable bonds is 7. The van der Waals surface area contributed by atoms with Crippen LogP contribution in [0.5, 0.6) is 5.75 Å². The summed E-state index contributed by atoms with van der Waals surface area (Å²) in [6, 6.07) is 23.2. The highest BCUT2D eigenvalue weighted by Gasteiger charge is 2.36. The summed E-state index contributed by atoms with van der Waals surface area (Å²) in [7, 11) is 0. The van der Waals surface area contributed by atoms with Gasteiger partial charge in [0.05, 0.1) is 8.95 Å². The Kier molecular flexibility index (Phi) is 6.55. The number of phenols is 1. The molecule has 1 atom stereocenters. The first-order valence-corrected chi connectivity index (χ1v) is 11.4. The topological polar surface area (TPSA) is 79.4 Å². The maximum absolute atomic E-state index is 11.7. The highest BCUT2D eigenvalue weighted by molar-refractivity contribution is 9.11. The lowest BCUT2D eigenvalue weighted by Crippen LogP contribution is -2.30. The van der Waals surface area contributed by atoms with Crippen molar-refractivity contribution in [2.24, 2.45) is 0 Å². The van der Waals surface area contributed by atoms with Crippen LogP contribution in [0.15, 0.2) is 86.3 Å². The normalized spacial score (nSPS) is 13.1. The molecule has 2 N–H and O–H groups in total. The van der Waals surface area contributed by atoms with Crippen molar-refractivity contribution >= 4 is 31.9 Å². The highest BCUT2D eigenvalue weighted by atomic mass is 79.9. The Balaban J connectivity index is 1.66. The number of aromatic hydroxyl groups is 1. The van der Waals surface area contributed by atoms with E-state index in [0.717, 1.165) is 11.1 Å². The average Bonchev–Trinajstić information content (AvgIpc) is 3.28. The smallest absolute Gasteiger partial charge is 0.259 e. The van der Waals surface area contributed by atoms with Gasteiger partial charge in [-0.2, -0.15) is 4.98 Å². The van der Waals surface area contributed by atoms with Crippen molar-refractivity contribution in [1.29, 1.82) is 0 Å². The van der Waals surface area contributed by atoms with Gasteiger partial charge in [-0.15, -0.1) is 0 Å². The molecule has 0 amide bonds. The van der Waals surface area contributed by atoms with Crippen LogP contribution in [0.3, 0.4) is 0 Å². The van der Waals surface area contributed by atoms with Crippen LogP contribution in [0.1, 0.15) is 23.4 Å². The Bertz CT molecular complexity index is 1140. The van der Waals surface area contributed by atoms with Gasteiger partial charge < -0.3 is 14.7 Å².